The van der Waals surface area contributed by atoms with Crippen LogP contribution in [0.4, 0.5) is 4.79 Å². The minimum atomic E-state index is -1.54. The summed E-state index contributed by atoms with van der Waals surface area (Å²) in [7, 11) is 4.33. The number of carbonyl (C=O) groups excluding carboxylic acids is 2. The fourth-order valence-corrected chi connectivity index (χ4v) is 1.05. The molecule has 0 spiro atoms. The van der Waals surface area contributed by atoms with Crippen LogP contribution in [0.3, 0.4) is 0 Å². The van der Waals surface area contributed by atoms with Gasteiger partial charge >= 0.3 is 18.0 Å². The molecule has 1 unspecified atom stereocenters. The second kappa shape index (κ2) is 7.19. The smallest absolute Gasteiger partial charge is 0.326 e. The first-order valence-electron chi connectivity index (χ1n) is 5.31. The summed E-state index contributed by atoms with van der Waals surface area (Å²) >= 11 is 0. The zero-order valence-electron chi connectivity index (χ0n) is 10.9. The number of carboxylic acids is 2. The van der Waals surface area contributed by atoms with Gasteiger partial charge in [0, 0.05) is 21.1 Å². The molecule has 0 aromatic heterocycles. The number of amides is 3. The van der Waals surface area contributed by atoms with Gasteiger partial charge in [0.25, 0.3) is 0 Å². The van der Waals surface area contributed by atoms with Crippen molar-refractivity contribution >= 4 is 23.9 Å². The number of urea groups is 1. The van der Waals surface area contributed by atoms with E-state index in [0.717, 1.165) is 4.90 Å². The molecule has 0 aliphatic carbocycles. The first-order chi connectivity index (χ1) is 8.65. The Hall–Kier alpha value is -2.32. The lowest BCUT2D eigenvalue weighted by molar-refractivity contribution is -0.145. The van der Waals surface area contributed by atoms with Crippen LogP contribution < -0.4 is 5.32 Å². The Bertz CT molecular complexity index is 381. The predicted molar refractivity (Wildman–Crippen MR) is 63.5 cm³/mol. The molecule has 1 atom stereocenters. The number of aliphatic carboxylic acids is 2. The highest BCUT2D eigenvalue weighted by Gasteiger charge is 2.25. The van der Waals surface area contributed by atoms with Gasteiger partial charge in [0.05, 0.1) is 6.42 Å². The van der Waals surface area contributed by atoms with Crippen molar-refractivity contribution in [2.45, 2.75) is 12.5 Å². The topological polar surface area (TPSA) is 127 Å². The van der Waals surface area contributed by atoms with Gasteiger partial charge in [-0.25, -0.2) is 9.59 Å². The van der Waals surface area contributed by atoms with Crippen molar-refractivity contribution in [3.63, 3.8) is 0 Å². The van der Waals surface area contributed by atoms with Gasteiger partial charge in [0.15, 0.2) is 0 Å². The average molecular weight is 275 g/mol. The van der Waals surface area contributed by atoms with Crippen LogP contribution in [-0.2, 0) is 14.4 Å². The number of likely N-dealkylation sites (N-methyl/N-ethyl adjacent to an activating group) is 2. The van der Waals surface area contributed by atoms with E-state index in [1.54, 1.807) is 0 Å². The van der Waals surface area contributed by atoms with E-state index >= 15 is 0 Å². The van der Waals surface area contributed by atoms with E-state index < -0.39 is 30.4 Å². The number of nitrogens with one attached hydrogen (secondary N) is 1. The monoisotopic (exact) mass is 275 g/mol. The second-order valence-corrected chi connectivity index (χ2v) is 4.08. The standard InChI is InChI=1S/C10H17N3O6/c1-12(2)7(14)5-13(3)10(19)11-6(9(17)18)4-8(15)16/h6H,4-5H2,1-3H3,(H,11,19)(H,15,16)(H,17,18). The van der Waals surface area contributed by atoms with Crippen molar-refractivity contribution < 1.29 is 29.4 Å². The molecule has 0 aromatic carbocycles. The van der Waals surface area contributed by atoms with E-state index in [9.17, 15) is 19.2 Å². The number of carboxylic acid groups (broad SMARTS) is 2. The van der Waals surface area contributed by atoms with Gasteiger partial charge in [0.2, 0.25) is 5.91 Å². The maximum atomic E-state index is 11.6. The van der Waals surface area contributed by atoms with Gasteiger partial charge < -0.3 is 25.3 Å². The maximum Gasteiger partial charge on any atom is 0.326 e. The fraction of sp³-hybridized carbons (Fsp3) is 0.600. The highest BCUT2D eigenvalue weighted by atomic mass is 16.4. The number of hydrogen-bond acceptors (Lipinski definition) is 4. The number of hydrogen-bond donors (Lipinski definition) is 3. The second-order valence-electron chi connectivity index (χ2n) is 4.08. The largest absolute Gasteiger partial charge is 0.481 e. The van der Waals surface area contributed by atoms with Gasteiger partial charge in [-0.15, -0.1) is 0 Å². The molecular formula is C10H17N3O6. The molecule has 0 heterocycles. The van der Waals surface area contributed by atoms with Gasteiger partial charge in [-0.3, -0.25) is 9.59 Å². The van der Waals surface area contributed by atoms with Crippen LogP contribution in [0.1, 0.15) is 6.42 Å². The number of nitrogens with zero attached hydrogens (tertiary/aromatic N) is 2. The average Bonchev–Trinajstić information content (AvgIpc) is 2.26. The van der Waals surface area contributed by atoms with Crippen LogP contribution in [0.2, 0.25) is 0 Å². The molecule has 0 bridgehead atoms. The summed E-state index contributed by atoms with van der Waals surface area (Å²) in [5.74, 6) is -3.15. The molecular weight excluding hydrogens is 258 g/mol. The quantitative estimate of drug-likeness (QED) is 0.549. The van der Waals surface area contributed by atoms with Crippen LogP contribution >= 0.6 is 0 Å². The highest BCUT2D eigenvalue weighted by molar-refractivity contribution is 5.88. The van der Waals surface area contributed by atoms with Crippen LogP contribution in [0.15, 0.2) is 0 Å². The van der Waals surface area contributed by atoms with Crippen molar-refractivity contribution in [2.24, 2.45) is 0 Å². The molecule has 0 aromatic rings. The summed E-state index contributed by atoms with van der Waals surface area (Å²) in [6.07, 6.45) is -0.740. The van der Waals surface area contributed by atoms with E-state index in [1.165, 1.54) is 26.0 Å². The molecule has 3 amide bonds. The zero-order chi connectivity index (χ0) is 15.2. The summed E-state index contributed by atoms with van der Waals surface area (Å²) in [6, 6.07) is -2.37. The first-order valence-corrected chi connectivity index (χ1v) is 5.31. The minimum Gasteiger partial charge on any atom is -0.481 e. The van der Waals surface area contributed by atoms with Gasteiger partial charge in [-0.2, -0.15) is 0 Å². The Balaban J connectivity index is 4.51. The predicted octanol–water partition coefficient (Wildman–Crippen LogP) is -1.36. The lowest BCUT2D eigenvalue weighted by atomic mass is 10.2. The van der Waals surface area contributed by atoms with Crippen LogP contribution in [0.25, 0.3) is 0 Å². The number of carbonyl (C=O) groups is 4. The number of rotatable bonds is 6. The Morgan fingerprint density at radius 1 is 1.11 bits per heavy atom. The van der Waals surface area contributed by atoms with Crippen LogP contribution in [0, 0.1) is 0 Å². The summed E-state index contributed by atoms with van der Waals surface area (Å²) < 4.78 is 0. The summed E-state index contributed by atoms with van der Waals surface area (Å²) in [5.41, 5.74) is 0. The van der Waals surface area contributed by atoms with Crippen molar-refractivity contribution in [1.29, 1.82) is 0 Å². The molecule has 0 aliphatic heterocycles. The van der Waals surface area contributed by atoms with Crippen LogP contribution in [-0.4, -0.2) is 77.6 Å². The van der Waals surface area contributed by atoms with Crippen molar-refractivity contribution in [2.75, 3.05) is 27.7 Å². The third-order valence-corrected chi connectivity index (χ3v) is 2.19. The molecule has 9 heteroatoms. The Morgan fingerprint density at radius 3 is 2.00 bits per heavy atom. The van der Waals surface area contributed by atoms with Gasteiger partial charge in [-0.1, -0.05) is 0 Å². The SMILES string of the molecule is CN(C)C(=O)CN(C)C(=O)NC(CC(=O)O)C(=O)O. The maximum absolute atomic E-state index is 11.6. The molecule has 0 saturated carbocycles. The molecule has 108 valence electrons. The zero-order valence-corrected chi connectivity index (χ0v) is 10.9. The van der Waals surface area contributed by atoms with Crippen LogP contribution in [0.5, 0.6) is 0 Å². The Morgan fingerprint density at radius 2 is 1.63 bits per heavy atom. The van der Waals surface area contributed by atoms with E-state index in [-0.39, 0.29) is 12.5 Å². The third-order valence-electron chi connectivity index (χ3n) is 2.19. The Labute approximate surface area is 109 Å². The van der Waals surface area contributed by atoms with E-state index in [1.807, 2.05) is 5.32 Å². The van der Waals surface area contributed by atoms with E-state index in [2.05, 4.69) is 0 Å². The Kier molecular flexibility index (Phi) is 6.31. The highest BCUT2D eigenvalue weighted by Crippen LogP contribution is 1.96. The minimum absolute atomic E-state index is 0.238. The summed E-state index contributed by atoms with van der Waals surface area (Å²) in [6.45, 7) is -0.238. The lowest BCUT2D eigenvalue weighted by Crippen LogP contribution is -2.49. The molecule has 19 heavy (non-hydrogen) atoms. The van der Waals surface area contributed by atoms with Crippen molar-refractivity contribution in [3.8, 4) is 0 Å². The third kappa shape index (κ3) is 6.24. The van der Waals surface area contributed by atoms with Crippen molar-refractivity contribution in [3.05, 3.63) is 0 Å². The summed E-state index contributed by atoms with van der Waals surface area (Å²) in [5, 5.41) is 19.3. The molecule has 0 radical (unpaired) electrons. The molecule has 9 nitrogen and oxygen atoms in total. The molecule has 0 rings (SSSR count). The molecule has 0 aliphatic rings. The fourth-order valence-electron chi connectivity index (χ4n) is 1.05. The van der Waals surface area contributed by atoms with E-state index in [0.29, 0.717) is 0 Å². The normalized spacial score (nSPS) is 11.3. The molecule has 0 saturated heterocycles. The molecule has 3 N–H and O–H groups in total. The van der Waals surface area contributed by atoms with Gasteiger partial charge in [0.1, 0.15) is 12.6 Å². The van der Waals surface area contributed by atoms with E-state index in [4.69, 9.17) is 10.2 Å². The molecule has 0 fully saturated rings. The van der Waals surface area contributed by atoms with Gasteiger partial charge in [-0.05, 0) is 0 Å². The summed E-state index contributed by atoms with van der Waals surface area (Å²) in [4.78, 5) is 46.4. The first kappa shape index (κ1) is 16.7. The van der Waals surface area contributed by atoms with Crippen molar-refractivity contribution in [1.82, 2.24) is 15.1 Å². The lowest BCUT2D eigenvalue weighted by Gasteiger charge is -2.21.